The molecule has 0 unspecified atom stereocenters. The zero-order chi connectivity index (χ0) is 18.0. The van der Waals surface area contributed by atoms with Crippen LogP contribution in [0.2, 0.25) is 5.02 Å². The van der Waals surface area contributed by atoms with Gasteiger partial charge < -0.3 is 10.6 Å². The standard InChI is InChI=1S/C18H19ClN4OS/c1-10-12(3)25-18-15(10)16(21-9-22-18)23-11(2)17(24)20-8-13-5-4-6-14(19)7-13/h4-7,9,11H,8H2,1-3H3,(H,20,24)(H,21,22,23)/t11-/m1/s1. The second-order valence-electron chi connectivity index (χ2n) is 5.90. The summed E-state index contributed by atoms with van der Waals surface area (Å²) in [6, 6.07) is 7.02. The fourth-order valence-corrected chi connectivity index (χ4v) is 3.76. The van der Waals surface area contributed by atoms with Crippen molar-refractivity contribution in [1.29, 1.82) is 0 Å². The highest BCUT2D eigenvalue weighted by Gasteiger charge is 2.17. The first-order valence-corrected chi connectivity index (χ1v) is 9.14. The van der Waals surface area contributed by atoms with E-state index in [1.165, 1.54) is 11.2 Å². The molecule has 2 heterocycles. The van der Waals surface area contributed by atoms with Crippen molar-refractivity contribution in [2.24, 2.45) is 0 Å². The van der Waals surface area contributed by atoms with Gasteiger partial charge >= 0.3 is 0 Å². The summed E-state index contributed by atoms with van der Waals surface area (Å²) in [6.45, 7) is 6.36. The van der Waals surface area contributed by atoms with Gasteiger partial charge in [0.05, 0.1) is 5.39 Å². The van der Waals surface area contributed by atoms with E-state index < -0.39 is 6.04 Å². The molecule has 130 valence electrons. The first-order chi connectivity index (χ1) is 12.0. The molecule has 1 amide bonds. The molecule has 0 aliphatic heterocycles. The molecule has 0 spiro atoms. The molecule has 2 aromatic heterocycles. The SMILES string of the molecule is Cc1sc2ncnc(N[C@H](C)C(=O)NCc3cccc(Cl)c3)c2c1C. The molecule has 0 fully saturated rings. The monoisotopic (exact) mass is 374 g/mol. The Kier molecular flexibility index (Phi) is 5.20. The van der Waals surface area contributed by atoms with Gasteiger partial charge in [-0.05, 0) is 44.0 Å². The number of hydrogen-bond donors (Lipinski definition) is 2. The predicted octanol–water partition coefficient (Wildman–Crippen LogP) is 4.08. The Morgan fingerprint density at radius 1 is 1.32 bits per heavy atom. The minimum atomic E-state index is -0.420. The van der Waals surface area contributed by atoms with E-state index in [0.29, 0.717) is 17.4 Å². The number of aromatic nitrogens is 2. The van der Waals surface area contributed by atoms with Crippen molar-refractivity contribution in [3.05, 3.63) is 51.6 Å². The fourth-order valence-electron chi connectivity index (χ4n) is 2.55. The molecule has 3 aromatic rings. The van der Waals surface area contributed by atoms with Gasteiger partial charge in [0.1, 0.15) is 23.0 Å². The molecule has 2 N–H and O–H groups in total. The summed E-state index contributed by atoms with van der Waals surface area (Å²) >= 11 is 7.60. The number of aryl methyl sites for hydroxylation is 2. The van der Waals surface area contributed by atoms with Crippen molar-refractivity contribution in [3.8, 4) is 0 Å². The number of rotatable bonds is 5. The van der Waals surface area contributed by atoms with Crippen molar-refractivity contribution in [1.82, 2.24) is 15.3 Å². The molecule has 1 aromatic carbocycles. The summed E-state index contributed by atoms with van der Waals surface area (Å²) in [4.78, 5) is 23.2. The van der Waals surface area contributed by atoms with E-state index in [1.807, 2.05) is 38.1 Å². The van der Waals surface area contributed by atoms with Crippen LogP contribution in [0.5, 0.6) is 0 Å². The van der Waals surface area contributed by atoms with Gasteiger partial charge in [0.25, 0.3) is 0 Å². The molecule has 25 heavy (non-hydrogen) atoms. The van der Waals surface area contributed by atoms with Gasteiger partial charge in [-0.2, -0.15) is 0 Å². The summed E-state index contributed by atoms with van der Waals surface area (Å²) in [7, 11) is 0. The number of nitrogens with zero attached hydrogens (tertiary/aromatic N) is 2. The number of hydrogen-bond acceptors (Lipinski definition) is 5. The van der Waals surface area contributed by atoms with Crippen LogP contribution in [0.1, 0.15) is 22.9 Å². The number of carbonyl (C=O) groups excluding carboxylic acids is 1. The molecule has 3 rings (SSSR count). The van der Waals surface area contributed by atoms with Crippen molar-refractivity contribution >= 4 is 44.9 Å². The highest BCUT2D eigenvalue weighted by molar-refractivity contribution is 7.18. The summed E-state index contributed by atoms with van der Waals surface area (Å²) in [5.74, 6) is 0.591. The number of thiophene rings is 1. The summed E-state index contributed by atoms with van der Waals surface area (Å²) in [5, 5.41) is 7.76. The van der Waals surface area contributed by atoms with Crippen LogP contribution >= 0.6 is 22.9 Å². The van der Waals surface area contributed by atoms with Gasteiger partial charge in [0.15, 0.2) is 0 Å². The predicted molar refractivity (Wildman–Crippen MR) is 103 cm³/mol. The molecule has 0 saturated heterocycles. The van der Waals surface area contributed by atoms with Gasteiger partial charge in [0, 0.05) is 16.4 Å². The Balaban J connectivity index is 1.69. The Morgan fingerprint density at radius 2 is 2.12 bits per heavy atom. The average Bonchev–Trinajstić information content (AvgIpc) is 2.88. The van der Waals surface area contributed by atoms with Crippen molar-refractivity contribution in [2.75, 3.05) is 5.32 Å². The number of carbonyl (C=O) groups is 1. The van der Waals surface area contributed by atoms with Gasteiger partial charge in [-0.25, -0.2) is 9.97 Å². The quantitative estimate of drug-likeness (QED) is 0.706. The zero-order valence-electron chi connectivity index (χ0n) is 14.3. The average molecular weight is 375 g/mol. The van der Waals surface area contributed by atoms with Crippen molar-refractivity contribution < 1.29 is 4.79 Å². The lowest BCUT2D eigenvalue weighted by molar-refractivity contribution is -0.121. The first kappa shape index (κ1) is 17.6. The van der Waals surface area contributed by atoms with Gasteiger partial charge in [-0.3, -0.25) is 4.79 Å². The Labute approximate surface area is 155 Å². The third-order valence-corrected chi connectivity index (χ3v) is 5.42. The second-order valence-corrected chi connectivity index (χ2v) is 7.54. The van der Waals surface area contributed by atoms with E-state index in [4.69, 9.17) is 11.6 Å². The summed E-state index contributed by atoms with van der Waals surface area (Å²) in [6.07, 6.45) is 1.52. The highest BCUT2D eigenvalue weighted by Crippen LogP contribution is 2.32. The molecule has 0 aliphatic rings. The van der Waals surface area contributed by atoms with E-state index in [-0.39, 0.29) is 5.91 Å². The Hall–Kier alpha value is -2.18. The van der Waals surface area contributed by atoms with Crippen LogP contribution in [-0.4, -0.2) is 21.9 Å². The normalized spacial score (nSPS) is 12.2. The van der Waals surface area contributed by atoms with E-state index in [1.54, 1.807) is 11.3 Å². The van der Waals surface area contributed by atoms with Crippen LogP contribution in [0.4, 0.5) is 5.82 Å². The third-order valence-electron chi connectivity index (χ3n) is 4.07. The van der Waals surface area contributed by atoms with E-state index >= 15 is 0 Å². The minimum absolute atomic E-state index is 0.101. The Morgan fingerprint density at radius 3 is 2.88 bits per heavy atom. The maximum atomic E-state index is 12.4. The largest absolute Gasteiger partial charge is 0.358 e. The maximum absolute atomic E-state index is 12.4. The maximum Gasteiger partial charge on any atom is 0.242 e. The van der Waals surface area contributed by atoms with Crippen LogP contribution in [0.25, 0.3) is 10.2 Å². The number of halogens is 1. The third kappa shape index (κ3) is 3.91. The minimum Gasteiger partial charge on any atom is -0.358 e. The number of anilines is 1. The van der Waals surface area contributed by atoms with E-state index in [2.05, 4.69) is 27.5 Å². The second kappa shape index (κ2) is 7.37. The van der Waals surface area contributed by atoms with Crippen molar-refractivity contribution in [3.63, 3.8) is 0 Å². The molecule has 1 atom stereocenters. The Bertz CT molecular complexity index is 925. The summed E-state index contributed by atoms with van der Waals surface area (Å²) in [5.41, 5.74) is 2.11. The zero-order valence-corrected chi connectivity index (χ0v) is 15.8. The molecular weight excluding hydrogens is 356 g/mol. The molecule has 7 heteroatoms. The lowest BCUT2D eigenvalue weighted by Gasteiger charge is -2.15. The molecular formula is C18H19ClN4OS. The van der Waals surface area contributed by atoms with Crippen LogP contribution in [-0.2, 0) is 11.3 Å². The van der Waals surface area contributed by atoms with E-state index in [0.717, 1.165) is 21.3 Å². The lowest BCUT2D eigenvalue weighted by atomic mass is 10.2. The molecule has 0 radical (unpaired) electrons. The van der Waals surface area contributed by atoms with Crippen LogP contribution in [0.3, 0.4) is 0 Å². The molecule has 0 saturated carbocycles. The molecule has 0 aliphatic carbocycles. The number of fused-ring (bicyclic) bond motifs is 1. The van der Waals surface area contributed by atoms with Crippen LogP contribution < -0.4 is 10.6 Å². The smallest absolute Gasteiger partial charge is 0.242 e. The fraction of sp³-hybridized carbons (Fsp3) is 0.278. The molecule has 0 bridgehead atoms. The topological polar surface area (TPSA) is 66.9 Å². The van der Waals surface area contributed by atoms with Crippen molar-refractivity contribution in [2.45, 2.75) is 33.4 Å². The van der Waals surface area contributed by atoms with Gasteiger partial charge in [-0.1, -0.05) is 23.7 Å². The van der Waals surface area contributed by atoms with Crippen LogP contribution in [0.15, 0.2) is 30.6 Å². The number of amides is 1. The van der Waals surface area contributed by atoms with Gasteiger partial charge in [0.2, 0.25) is 5.91 Å². The number of nitrogens with one attached hydrogen (secondary N) is 2. The highest BCUT2D eigenvalue weighted by atomic mass is 35.5. The molecule has 5 nitrogen and oxygen atoms in total. The van der Waals surface area contributed by atoms with E-state index in [9.17, 15) is 4.79 Å². The lowest BCUT2D eigenvalue weighted by Crippen LogP contribution is -2.37. The van der Waals surface area contributed by atoms with Crippen LogP contribution in [0, 0.1) is 13.8 Å². The summed E-state index contributed by atoms with van der Waals surface area (Å²) < 4.78 is 0. The number of benzene rings is 1. The van der Waals surface area contributed by atoms with Gasteiger partial charge in [-0.15, -0.1) is 11.3 Å². The first-order valence-electron chi connectivity index (χ1n) is 7.95.